The second-order valence-corrected chi connectivity index (χ2v) is 9.17. The summed E-state index contributed by atoms with van der Waals surface area (Å²) in [6, 6.07) is 15.4. The molecule has 0 aliphatic heterocycles. The third kappa shape index (κ3) is 8.93. The first-order valence-electron chi connectivity index (χ1n) is 10.9. The maximum atomic E-state index is 11.0. The van der Waals surface area contributed by atoms with Crippen molar-refractivity contribution >= 4 is 11.9 Å². The third-order valence-corrected chi connectivity index (χ3v) is 5.42. The fourth-order valence-corrected chi connectivity index (χ4v) is 3.51. The minimum absolute atomic E-state index is 0.122. The summed E-state index contributed by atoms with van der Waals surface area (Å²) in [5.41, 5.74) is 3.88. The standard InChI is InChI=1S/C26H34O5/c1-26(2,3)23-14-10-20(11-15-23)17-31-18-21(6-4-5-7-24(27)28)16-19-8-12-22(13-9-19)25(29)30/h8-15,21H,4-7,16-18H2,1-3H3,(H,27,28)(H,29,30). The van der Waals surface area contributed by atoms with Crippen LogP contribution in [0.25, 0.3) is 0 Å². The molecule has 1 unspecified atom stereocenters. The van der Waals surface area contributed by atoms with Crippen LogP contribution in [0.5, 0.6) is 0 Å². The van der Waals surface area contributed by atoms with E-state index >= 15 is 0 Å². The molecule has 0 amide bonds. The molecule has 0 radical (unpaired) electrons. The predicted molar refractivity (Wildman–Crippen MR) is 121 cm³/mol. The average Bonchev–Trinajstić information content (AvgIpc) is 2.71. The van der Waals surface area contributed by atoms with E-state index in [-0.39, 0.29) is 23.3 Å². The lowest BCUT2D eigenvalue weighted by Crippen LogP contribution is -2.14. The van der Waals surface area contributed by atoms with Gasteiger partial charge in [-0.05, 0) is 59.4 Å². The Balaban J connectivity index is 1.92. The molecule has 31 heavy (non-hydrogen) atoms. The Morgan fingerprint density at radius 1 is 0.903 bits per heavy atom. The molecule has 0 aliphatic rings. The number of benzene rings is 2. The van der Waals surface area contributed by atoms with Crippen molar-refractivity contribution in [2.45, 2.75) is 64.9 Å². The van der Waals surface area contributed by atoms with E-state index < -0.39 is 11.9 Å². The molecule has 0 heterocycles. The summed E-state index contributed by atoms with van der Waals surface area (Å²) in [5.74, 6) is -1.45. The Hall–Kier alpha value is -2.66. The number of carboxylic acid groups (broad SMARTS) is 2. The van der Waals surface area contributed by atoms with E-state index in [4.69, 9.17) is 14.9 Å². The van der Waals surface area contributed by atoms with Gasteiger partial charge in [-0.25, -0.2) is 4.79 Å². The van der Waals surface area contributed by atoms with Crippen molar-refractivity contribution < 1.29 is 24.5 Å². The second kappa shape index (κ2) is 11.7. The minimum Gasteiger partial charge on any atom is -0.481 e. The van der Waals surface area contributed by atoms with Crippen LogP contribution in [0, 0.1) is 5.92 Å². The number of hydrogen-bond acceptors (Lipinski definition) is 3. The van der Waals surface area contributed by atoms with Crippen molar-refractivity contribution in [2.75, 3.05) is 6.61 Å². The molecule has 5 heteroatoms. The summed E-state index contributed by atoms with van der Waals surface area (Å²) in [4.78, 5) is 21.8. The van der Waals surface area contributed by atoms with Crippen LogP contribution in [0.4, 0.5) is 0 Å². The van der Waals surface area contributed by atoms with Gasteiger partial charge < -0.3 is 14.9 Å². The molecular formula is C26H34O5. The summed E-state index contributed by atoms with van der Waals surface area (Å²) in [5, 5.41) is 17.9. The molecule has 0 aromatic heterocycles. The molecule has 2 aromatic carbocycles. The molecule has 5 nitrogen and oxygen atoms in total. The topological polar surface area (TPSA) is 83.8 Å². The first-order chi connectivity index (χ1) is 14.6. The van der Waals surface area contributed by atoms with Crippen molar-refractivity contribution in [1.82, 2.24) is 0 Å². The Kier molecular flexibility index (Phi) is 9.25. The van der Waals surface area contributed by atoms with Gasteiger partial charge >= 0.3 is 11.9 Å². The molecule has 168 valence electrons. The van der Waals surface area contributed by atoms with Gasteiger partial charge in [0.25, 0.3) is 0 Å². The SMILES string of the molecule is CC(C)(C)c1ccc(COCC(CCCCC(=O)O)Cc2ccc(C(=O)O)cc2)cc1. The zero-order valence-electron chi connectivity index (χ0n) is 18.8. The van der Waals surface area contributed by atoms with Crippen LogP contribution in [0.2, 0.25) is 0 Å². The summed E-state index contributed by atoms with van der Waals surface area (Å²) in [6.45, 7) is 7.69. The molecule has 2 rings (SSSR count). The molecule has 0 fully saturated rings. The van der Waals surface area contributed by atoms with Crippen LogP contribution in [-0.2, 0) is 28.0 Å². The van der Waals surface area contributed by atoms with Gasteiger partial charge in [0.05, 0.1) is 18.8 Å². The number of aromatic carboxylic acids is 1. The Morgan fingerprint density at radius 3 is 2.06 bits per heavy atom. The minimum atomic E-state index is -0.933. The lowest BCUT2D eigenvalue weighted by atomic mass is 9.87. The van der Waals surface area contributed by atoms with Crippen molar-refractivity contribution in [2.24, 2.45) is 5.92 Å². The smallest absolute Gasteiger partial charge is 0.335 e. The van der Waals surface area contributed by atoms with Gasteiger partial charge in [-0.15, -0.1) is 0 Å². The molecule has 0 aliphatic carbocycles. The zero-order chi connectivity index (χ0) is 22.9. The average molecular weight is 427 g/mol. The molecule has 0 bridgehead atoms. The fraction of sp³-hybridized carbons (Fsp3) is 0.462. The number of aliphatic carboxylic acids is 1. The van der Waals surface area contributed by atoms with Gasteiger partial charge in [0.1, 0.15) is 0 Å². The molecule has 2 aromatic rings. The largest absolute Gasteiger partial charge is 0.481 e. The number of unbranched alkanes of at least 4 members (excludes halogenated alkanes) is 1. The fourth-order valence-electron chi connectivity index (χ4n) is 3.51. The summed E-state index contributed by atoms with van der Waals surface area (Å²) in [7, 11) is 0. The van der Waals surface area contributed by atoms with Crippen molar-refractivity contribution in [1.29, 1.82) is 0 Å². The first-order valence-corrected chi connectivity index (χ1v) is 10.9. The van der Waals surface area contributed by atoms with Crippen LogP contribution < -0.4 is 0 Å². The Bertz CT molecular complexity index is 832. The molecule has 0 spiro atoms. The quantitative estimate of drug-likeness (QED) is 0.425. The molecular weight excluding hydrogens is 392 g/mol. The summed E-state index contributed by atoms with van der Waals surface area (Å²) >= 11 is 0. The number of hydrogen-bond donors (Lipinski definition) is 2. The van der Waals surface area contributed by atoms with E-state index in [1.165, 1.54) is 5.56 Å². The summed E-state index contributed by atoms with van der Waals surface area (Å²) in [6.07, 6.45) is 3.31. The van der Waals surface area contributed by atoms with E-state index in [1.54, 1.807) is 12.1 Å². The van der Waals surface area contributed by atoms with Crippen LogP contribution in [0.3, 0.4) is 0 Å². The van der Waals surface area contributed by atoms with Gasteiger partial charge in [-0.3, -0.25) is 4.79 Å². The second-order valence-electron chi connectivity index (χ2n) is 9.17. The molecule has 2 N–H and O–H groups in total. The first kappa shape index (κ1) is 24.6. The molecule has 0 saturated heterocycles. The highest BCUT2D eigenvalue weighted by Gasteiger charge is 2.14. The number of carboxylic acids is 2. The van der Waals surface area contributed by atoms with E-state index in [0.717, 1.165) is 30.4 Å². The van der Waals surface area contributed by atoms with E-state index in [1.807, 2.05) is 12.1 Å². The lowest BCUT2D eigenvalue weighted by molar-refractivity contribution is -0.137. The molecule has 0 saturated carbocycles. The van der Waals surface area contributed by atoms with Gasteiger partial charge in [0.15, 0.2) is 0 Å². The predicted octanol–water partition coefficient (Wildman–Crippen LogP) is 5.70. The zero-order valence-corrected chi connectivity index (χ0v) is 18.8. The van der Waals surface area contributed by atoms with Crippen LogP contribution in [0.15, 0.2) is 48.5 Å². The molecule has 1 atom stereocenters. The lowest BCUT2D eigenvalue weighted by Gasteiger charge is -2.20. The van der Waals surface area contributed by atoms with Crippen molar-refractivity contribution in [3.8, 4) is 0 Å². The van der Waals surface area contributed by atoms with Gasteiger partial charge in [0.2, 0.25) is 0 Å². The van der Waals surface area contributed by atoms with Gasteiger partial charge in [-0.2, -0.15) is 0 Å². The Labute approximate surface area is 185 Å². The van der Waals surface area contributed by atoms with Crippen LogP contribution >= 0.6 is 0 Å². The maximum absolute atomic E-state index is 11.0. The monoisotopic (exact) mass is 426 g/mol. The van der Waals surface area contributed by atoms with Gasteiger partial charge in [0, 0.05) is 6.42 Å². The van der Waals surface area contributed by atoms with Crippen LogP contribution in [-0.4, -0.2) is 28.8 Å². The normalized spacial score (nSPS) is 12.5. The van der Waals surface area contributed by atoms with Crippen LogP contribution in [0.1, 0.15) is 73.5 Å². The van der Waals surface area contributed by atoms with Crippen molar-refractivity contribution in [3.05, 3.63) is 70.8 Å². The highest BCUT2D eigenvalue weighted by atomic mass is 16.5. The summed E-state index contributed by atoms with van der Waals surface area (Å²) < 4.78 is 6.01. The number of ether oxygens (including phenoxy) is 1. The van der Waals surface area contributed by atoms with E-state index in [9.17, 15) is 9.59 Å². The van der Waals surface area contributed by atoms with E-state index in [2.05, 4.69) is 45.0 Å². The van der Waals surface area contributed by atoms with Crippen molar-refractivity contribution in [3.63, 3.8) is 0 Å². The van der Waals surface area contributed by atoms with Gasteiger partial charge in [-0.1, -0.05) is 63.6 Å². The highest BCUT2D eigenvalue weighted by Crippen LogP contribution is 2.23. The maximum Gasteiger partial charge on any atom is 0.335 e. The van der Waals surface area contributed by atoms with E-state index in [0.29, 0.717) is 19.6 Å². The number of rotatable bonds is 12. The highest BCUT2D eigenvalue weighted by molar-refractivity contribution is 5.87. The third-order valence-electron chi connectivity index (χ3n) is 5.42. The Morgan fingerprint density at radius 2 is 1.52 bits per heavy atom. The number of carbonyl (C=O) groups is 2.